The summed E-state index contributed by atoms with van der Waals surface area (Å²) in [5.74, 6) is 0. The molecule has 1 rings (SSSR count). The average Bonchev–Trinajstić information content (AvgIpc) is 2.44. The van der Waals surface area contributed by atoms with Gasteiger partial charge in [0.25, 0.3) is 0 Å². The number of benzene rings is 1. The lowest BCUT2D eigenvalue weighted by Gasteiger charge is -2.26. The molecule has 0 spiro atoms. The Bertz CT molecular complexity index is 380. The number of aliphatic hydroxyl groups is 1. The van der Waals surface area contributed by atoms with Gasteiger partial charge in [0.05, 0.1) is 6.61 Å². The van der Waals surface area contributed by atoms with E-state index in [4.69, 9.17) is 4.74 Å². The topological polar surface area (TPSA) is 58.6 Å². The van der Waals surface area contributed by atoms with Crippen molar-refractivity contribution in [1.29, 1.82) is 0 Å². The lowest BCUT2D eigenvalue weighted by atomic mass is 9.88. The third-order valence-electron chi connectivity index (χ3n) is 3.07. The number of carbonyl (C=O) groups is 1. The van der Waals surface area contributed by atoms with Crippen LogP contribution in [0.4, 0.5) is 4.79 Å². The summed E-state index contributed by atoms with van der Waals surface area (Å²) in [7, 11) is 0. The molecule has 0 radical (unpaired) electrons. The maximum Gasteiger partial charge on any atom is 0.407 e. The summed E-state index contributed by atoms with van der Waals surface area (Å²) in [5, 5.41) is 12.0. The molecule has 0 fully saturated rings. The van der Waals surface area contributed by atoms with Gasteiger partial charge < -0.3 is 15.2 Å². The fourth-order valence-electron chi connectivity index (χ4n) is 1.86. The van der Waals surface area contributed by atoms with Gasteiger partial charge in [-0.25, -0.2) is 4.79 Å². The molecular weight excluding hydrogens is 242 g/mol. The normalized spacial score (nSPS) is 13.6. The van der Waals surface area contributed by atoms with E-state index in [9.17, 15) is 9.90 Å². The molecule has 0 bridgehead atoms. The van der Waals surface area contributed by atoms with Gasteiger partial charge in [0.2, 0.25) is 0 Å². The van der Waals surface area contributed by atoms with Crippen molar-refractivity contribution in [2.75, 3.05) is 13.2 Å². The third-order valence-corrected chi connectivity index (χ3v) is 3.07. The molecule has 2 N–H and O–H groups in total. The van der Waals surface area contributed by atoms with Crippen LogP contribution in [0.15, 0.2) is 30.3 Å². The minimum atomic E-state index is -0.445. The van der Waals surface area contributed by atoms with Gasteiger partial charge in [-0.2, -0.15) is 0 Å². The van der Waals surface area contributed by atoms with Gasteiger partial charge in [-0.05, 0) is 12.0 Å². The molecule has 1 aromatic carbocycles. The Morgan fingerprint density at radius 3 is 2.63 bits per heavy atom. The van der Waals surface area contributed by atoms with Gasteiger partial charge in [-0.1, -0.05) is 50.6 Å². The van der Waals surface area contributed by atoms with Crippen molar-refractivity contribution in [1.82, 2.24) is 5.32 Å². The number of aliphatic hydroxyl groups excluding tert-OH is 1. The summed E-state index contributed by atoms with van der Waals surface area (Å²) in [6, 6.07) is 9.66. The predicted molar refractivity (Wildman–Crippen MR) is 74.7 cm³/mol. The molecule has 0 aliphatic carbocycles. The molecule has 1 aromatic rings. The summed E-state index contributed by atoms with van der Waals surface area (Å²) in [4.78, 5) is 11.6. The highest BCUT2D eigenvalue weighted by atomic mass is 16.5. The van der Waals surface area contributed by atoms with Crippen LogP contribution >= 0.6 is 0 Å². The number of alkyl carbamates (subject to hydrolysis) is 1. The molecule has 0 saturated carbocycles. The molecule has 0 aliphatic rings. The number of hydrogen-bond donors (Lipinski definition) is 2. The summed E-state index contributed by atoms with van der Waals surface area (Å²) in [5.41, 5.74) is 0.677. The van der Waals surface area contributed by atoms with Crippen LogP contribution < -0.4 is 5.32 Å². The van der Waals surface area contributed by atoms with E-state index >= 15 is 0 Å². The molecule has 1 atom stereocenters. The third kappa shape index (κ3) is 5.75. The highest BCUT2D eigenvalue weighted by Gasteiger charge is 2.24. The maximum absolute atomic E-state index is 11.6. The van der Waals surface area contributed by atoms with Gasteiger partial charge in [0.15, 0.2) is 0 Å². The molecule has 4 nitrogen and oxygen atoms in total. The largest absolute Gasteiger partial charge is 0.449 e. The Balaban J connectivity index is 2.31. The molecule has 0 heterocycles. The van der Waals surface area contributed by atoms with Gasteiger partial charge in [0, 0.05) is 12.0 Å². The highest BCUT2D eigenvalue weighted by Crippen LogP contribution is 2.22. The van der Waals surface area contributed by atoms with Crippen molar-refractivity contribution in [2.24, 2.45) is 5.41 Å². The lowest BCUT2D eigenvalue weighted by Crippen LogP contribution is -2.32. The van der Waals surface area contributed by atoms with Crippen LogP contribution in [-0.2, 0) is 11.3 Å². The van der Waals surface area contributed by atoms with Crippen molar-refractivity contribution in [3.8, 4) is 0 Å². The minimum absolute atomic E-state index is 0.0206. The van der Waals surface area contributed by atoms with Crippen molar-refractivity contribution >= 4 is 6.09 Å². The Morgan fingerprint density at radius 1 is 1.37 bits per heavy atom. The Kier molecular flexibility index (Phi) is 6.36. The predicted octanol–water partition coefficient (Wildman–Crippen LogP) is 2.71. The molecule has 0 aliphatic heterocycles. The van der Waals surface area contributed by atoms with Crippen LogP contribution in [0.3, 0.4) is 0 Å². The van der Waals surface area contributed by atoms with E-state index < -0.39 is 6.09 Å². The van der Waals surface area contributed by atoms with E-state index in [0.717, 1.165) is 18.4 Å². The number of rotatable bonds is 7. The monoisotopic (exact) mass is 265 g/mol. The van der Waals surface area contributed by atoms with E-state index in [1.54, 1.807) is 0 Å². The second-order valence-electron chi connectivity index (χ2n) is 5.13. The maximum atomic E-state index is 11.6. The van der Waals surface area contributed by atoms with Crippen LogP contribution in [0.25, 0.3) is 0 Å². The molecule has 106 valence electrons. The van der Waals surface area contributed by atoms with Crippen LogP contribution in [-0.4, -0.2) is 24.4 Å². The Labute approximate surface area is 114 Å². The van der Waals surface area contributed by atoms with Crippen molar-refractivity contribution < 1.29 is 14.6 Å². The summed E-state index contributed by atoms with van der Waals surface area (Å²) in [6.07, 6.45) is 1.33. The van der Waals surface area contributed by atoms with Gasteiger partial charge in [-0.3, -0.25) is 0 Å². The molecule has 1 amide bonds. The fourth-order valence-corrected chi connectivity index (χ4v) is 1.86. The van der Waals surface area contributed by atoms with Crippen LogP contribution in [0.1, 0.15) is 32.3 Å². The average molecular weight is 265 g/mol. The number of amides is 1. The Hall–Kier alpha value is -1.55. The summed E-state index contributed by atoms with van der Waals surface area (Å²) < 4.78 is 5.16. The second kappa shape index (κ2) is 7.79. The molecular formula is C15H23NO3. The van der Waals surface area contributed by atoms with E-state index in [-0.39, 0.29) is 18.6 Å². The van der Waals surface area contributed by atoms with E-state index in [0.29, 0.717) is 6.54 Å². The van der Waals surface area contributed by atoms with Gasteiger partial charge in [0.1, 0.15) is 6.61 Å². The fraction of sp³-hybridized carbons (Fsp3) is 0.533. The Morgan fingerprint density at radius 2 is 2.05 bits per heavy atom. The first-order valence-corrected chi connectivity index (χ1v) is 6.65. The van der Waals surface area contributed by atoms with Gasteiger partial charge >= 0.3 is 6.09 Å². The van der Waals surface area contributed by atoms with Crippen molar-refractivity contribution in [3.05, 3.63) is 35.9 Å². The van der Waals surface area contributed by atoms with E-state index in [1.165, 1.54) is 0 Å². The zero-order valence-corrected chi connectivity index (χ0v) is 11.7. The number of carbonyl (C=O) groups excluding carboxylic acids is 1. The molecule has 19 heavy (non-hydrogen) atoms. The molecule has 0 aromatic heterocycles. The zero-order valence-electron chi connectivity index (χ0n) is 11.7. The van der Waals surface area contributed by atoms with Crippen molar-refractivity contribution in [3.63, 3.8) is 0 Å². The number of hydrogen-bond acceptors (Lipinski definition) is 3. The SMILES string of the molecule is CCC[C@](C)(CO)COC(=O)NCc1ccccc1. The highest BCUT2D eigenvalue weighted by molar-refractivity contribution is 5.67. The summed E-state index contributed by atoms with van der Waals surface area (Å²) in [6.45, 7) is 4.67. The summed E-state index contributed by atoms with van der Waals surface area (Å²) >= 11 is 0. The molecule has 0 saturated heterocycles. The number of ether oxygens (including phenoxy) is 1. The van der Waals surface area contributed by atoms with E-state index in [2.05, 4.69) is 5.32 Å². The first-order valence-electron chi connectivity index (χ1n) is 6.65. The van der Waals surface area contributed by atoms with Crippen LogP contribution in [0.5, 0.6) is 0 Å². The minimum Gasteiger partial charge on any atom is -0.449 e. The van der Waals surface area contributed by atoms with E-state index in [1.807, 2.05) is 44.2 Å². The quantitative estimate of drug-likeness (QED) is 0.797. The lowest BCUT2D eigenvalue weighted by molar-refractivity contribution is 0.0433. The first-order chi connectivity index (χ1) is 9.09. The molecule has 0 unspecified atom stereocenters. The van der Waals surface area contributed by atoms with Gasteiger partial charge in [-0.15, -0.1) is 0 Å². The van der Waals surface area contributed by atoms with Crippen molar-refractivity contribution in [2.45, 2.75) is 33.2 Å². The zero-order chi connectivity index (χ0) is 14.1. The molecule has 4 heteroatoms. The smallest absolute Gasteiger partial charge is 0.407 e. The van der Waals surface area contributed by atoms with Crippen LogP contribution in [0.2, 0.25) is 0 Å². The van der Waals surface area contributed by atoms with Crippen LogP contribution in [0, 0.1) is 5.41 Å². The second-order valence-corrected chi connectivity index (χ2v) is 5.13. The standard InChI is InChI=1S/C15H23NO3/c1-3-9-15(2,11-17)12-19-14(18)16-10-13-7-5-4-6-8-13/h4-8,17H,3,9-12H2,1-2H3,(H,16,18)/t15-/m1/s1. The number of nitrogens with one attached hydrogen (secondary N) is 1. The first kappa shape index (κ1) is 15.5.